The van der Waals surface area contributed by atoms with Crippen molar-refractivity contribution >= 4 is 33.3 Å². The molecule has 1 aromatic heterocycles. The Bertz CT molecular complexity index is 1080. The number of thiazole rings is 1. The van der Waals surface area contributed by atoms with Crippen LogP contribution in [0.3, 0.4) is 0 Å². The van der Waals surface area contributed by atoms with E-state index in [4.69, 9.17) is 9.47 Å². The lowest BCUT2D eigenvalue weighted by atomic mass is 10.1. The van der Waals surface area contributed by atoms with E-state index in [-0.39, 0.29) is 11.3 Å². The van der Waals surface area contributed by atoms with Crippen LogP contribution in [0.5, 0.6) is 10.9 Å². The minimum absolute atomic E-state index is 0.0704. The molecule has 5 nitrogen and oxygen atoms in total. The standard InChI is InChI=1S/C22H18N2O3S/c1-15(16-8-4-2-5-9-16)26-18-12-13-19-20(14-18)28-22(24-19)27-21(25)23-17-10-6-3-7-11-17/h2-15H,1H3,(H,23,25). The molecule has 0 radical (unpaired) electrons. The van der Waals surface area contributed by atoms with Gasteiger partial charge in [-0.3, -0.25) is 5.32 Å². The molecule has 1 amide bonds. The molecule has 4 rings (SSSR count). The number of nitrogens with zero attached hydrogens (tertiary/aromatic N) is 1. The van der Waals surface area contributed by atoms with E-state index in [2.05, 4.69) is 10.3 Å². The summed E-state index contributed by atoms with van der Waals surface area (Å²) in [4.78, 5) is 16.4. The number of amides is 1. The lowest BCUT2D eigenvalue weighted by molar-refractivity contribution is 0.215. The van der Waals surface area contributed by atoms with E-state index in [1.165, 1.54) is 11.3 Å². The van der Waals surface area contributed by atoms with Crippen LogP contribution in [-0.2, 0) is 0 Å². The maximum Gasteiger partial charge on any atom is 0.419 e. The van der Waals surface area contributed by atoms with Crippen LogP contribution >= 0.6 is 11.3 Å². The SMILES string of the molecule is CC(Oc1ccc2nc(OC(=O)Nc3ccccc3)sc2c1)c1ccccc1. The smallest absolute Gasteiger partial charge is 0.419 e. The molecule has 140 valence electrons. The van der Waals surface area contributed by atoms with Crippen molar-refractivity contribution in [2.75, 3.05) is 5.32 Å². The molecule has 0 bridgehead atoms. The number of nitrogens with one attached hydrogen (secondary N) is 1. The maximum absolute atomic E-state index is 12.0. The summed E-state index contributed by atoms with van der Waals surface area (Å²) in [6.45, 7) is 2.01. The Morgan fingerprint density at radius 3 is 2.46 bits per heavy atom. The molecule has 3 aromatic carbocycles. The highest BCUT2D eigenvalue weighted by atomic mass is 32.1. The molecule has 1 unspecified atom stereocenters. The third-order valence-electron chi connectivity index (χ3n) is 4.12. The molecular weight excluding hydrogens is 372 g/mol. The van der Waals surface area contributed by atoms with Crippen molar-refractivity contribution in [1.29, 1.82) is 0 Å². The minimum atomic E-state index is -0.570. The van der Waals surface area contributed by atoms with Crippen LogP contribution in [0, 0.1) is 0 Å². The molecule has 0 saturated heterocycles. The van der Waals surface area contributed by atoms with Crippen molar-refractivity contribution < 1.29 is 14.3 Å². The minimum Gasteiger partial charge on any atom is -0.486 e. The van der Waals surface area contributed by atoms with Crippen molar-refractivity contribution in [3.8, 4) is 10.9 Å². The Balaban J connectivity index is 1.45. The number of hydrogen-bond donors (Lipinski definition) is 1. The monoisotopic (exact) mass is 390 g/mol. The molecule has 0 aliphatic heterocycles. The first-order chi connectivity index (χ1) is 13.7. The Morgan fingerprint density at radius 2 is 1.71 bits per heavy atom. The van der Waals surface area contributed by atoms with E-state index in [1.54, 1.807) is 12.1 Å². The molecule has 6 heteroatoms. The molecule has 1 atom stereocenters. The fraction of sp³-hybridized carbons (Fsp3) is 0.0909. The van der Waals surface area contributed by atoms with Crippen molar-refractivity contribution in [3.63, 3.8) is 0 Å². The zero-order chi connectivity index (χ0) is 19.3. The second-order valence-corrected chi connectivity index (χ2v) is 7.15. The van der Waals surface area contributed by atoms with Gasteiger partial charge in [0, 0.05) is 5.69 Å². The van der Waals surface area contributed by atoms with E-state index in [9.17, 15) is 4.79 Å². The number of fused-ring (bicyclic) bond motifs is 1. The lowest BCUT2D eigenvalue weighted by Gasteiger charge is -2.14. The van der Waals surface area contributed by atoms with Gasteiger partial charge in [-0.2, -0.15) is 0 Å². The number of anilines is 1. The summed E-state index contributed by atoms with van der Waals surface area (Å²) in [5.41, 5.74) is 2.53. The second-order valence-electron chi connectivity index (χ2n) is 6.16. The van der Waals surface area contributed by atoms with Gasteiger partial charge >= 0.3 is 6.09 Å². The van der Waals surface area contributed by atoms with Crippen LogP contribution in [0.2, 0.25) is 0 Å². The van der Waals surface area contributed by atoms with Gasteiger partial charge in [-0.15, -0.1) is 0 Å². The zero-order valence-electron chi connectivity index (χ0n) is 15.2. The molecule has 0 aliphatic carbocycles. The highest BCUT2D eigenvalue weighted by Gasteiger charge is 2.12. The normalized spacial score (nSPS) is 11.8. The molecular formula is C22H18N2O3S. The van der Waals surface area contributed by atoms with Crippen molar-refractivity contribution in [1.82, 2.24) is 4.98 Å². The summed E-state index contributed by atoms with van der Waals surface area (Å²) in [7, 11) is 0. The molecule has 28 heavy (non-hydrogen) atoms. The summed E-state index contributed by atoms with van der Waals surface area (Å²) in [5, 5.41) is 2.96. The van der Waals surface area contributed by atoms with Crippen LogP contribution in [0.4, 0.5) is 10.5 Å². The topological polar surface area (TPSA) is 60.5 Å². The van der Waals surface area contributed by atoms with E-state index in [0.717, 1.165) is 21.5 Å². The Morgan fingerprint density at radius 1 is 1.00 bits per heavy atom. The molecule has 1 N–H and O–H groups in total. The van der Waals surface area contributed by atoms with Gasteiger partial charge in [0.15, 0.2) is 0 Å². The lowest BCUT2D eigenvalue weighted by Crippen LogP contribution is -2.16. The van der Waals surface area contributed by atoms with Crippen LogP contribution in [0.1, 0.15) is 18.6 Å². The average Bonchev–Trinajstić information content (AvgIpc) is 3.10. The van der Waals surface area contributed by atoms with Gasteiger partial charge in [-0.05, 0) is 42.8 Å². The van der Waals surface area contributed by atoms with Gasteiger partial charge in [0.2, 0.25) is 0 Å². The molecule has 1 heterocycles. The van der Waals surface area contributed by atoms with Gasteiger partial charge in [0.1, 0.15) is 11.9 Å². The molecule has 0 saturated carbocycles. The average molecular weight is 390 g/mol. The number of hydrogen-bond acceptors (Lipinski definition) is 5. The molecule has 0 aliphatic rings. The highest BCUT2D eigenvalue weighted by Crippen LogP contribution is 2.32. The van der Waals surface area contributed by atoms with Gasteiger partial charge in [-0.1, -0.05) is 59.9 Å². The quantitative estimate of drug-likeness (QED) is 0.451. The van der Waals surface area contributed by atoms with E-state index in [1.807, 2.05) is 73.7 Å². The number of carbonyl (C=O) groups excluding carboxylic acids is 1. The maximum atomic E-state index is 12.0. The zero-order valence-corrected chi connectivity index (χ0v) is 16.0. The largest absolute Gasteiger partial charge is 0.486 e. The van der Waals surface area contributed by atoms with E-state index >= 15 is 0 Å². The summed E-state index contributed by atoms with van der Waals surface area (Å²) < 4.78 is 12.2. The Hall–Kier alpha value is -3.38. The third-order valence-corrected chi connectivity index (χ3v) is 5.02. The van der Waals surface area contributed by atoms with Crippen molar-refractivity contribution in [2.45, 2.75) is 13.0 Å². The summed E-state index contributed by atoms with van der Waals surface area (Å²) in [6, 6.07) is 24.8. The highest BCUT2D eigenvalue weighted by molar-refractivity contribution is 7.20. The number of para-hydroxylation sites is 1. The van der Waals surface area contributed by atoms with Crippen LogP contribution < -0.4 is 14.8 Å². The van der Waals surface area contributed by atoms with Crippen LogP contribution in [-0.4, -0.2) is 11.1 Å². The fourth-order valence-electron chi connectivity index (χ4n) is 2.74. The molecule has 0 spiro atoms. The van der Waals surface area contributed by atoms with Gasteiger partial charge in [0.05, 0.1) is 10.2 Å². The van der Waals surface area contributed by atoms with E-state index in [0.29, 0.717) is 5.69 Å². The second kappa shape index (κ2) is 8.10. The molecule has 0 fully saturated rings. The summed E-state index contributed by atoms with van der Waals surface area (Å²) in [5.74, 6) is 0.743. The predicted octanol–water partition coefficient (Wildman–Crippen LogP) is 6.05. The van der Waals surface area contributed by atoms with Gasteiger partial charge in [0.25, 0.3) is 5.19 Å². The fourth-order valence-corrected chi connectivity index (χ4v) is 3.58. The summed E-state index contributed by atoms with van der Waals surface area (Å²) >= 11 is 1.30. The van der Waals surface area contributed by atoms with Crippen LogP contribution in [0.25, 0.3) is 10.2 Å². The third kappa shape index (κ3) is 4.29. The first-order valence-corrected chi connectivity index (χ1v) is 9.65. The predicted molar refractivity (Wildman–Crippen MR) is 111 cm³/mol. The number of carbonyl (C=O) groups is 1. The number of rotatable bonds is 5. The number of benzene rings is 3. The number of aromatic nitrogens is 1. The van der Waals surface area contributed by atoms with Crippen molar-refractivity contribution in [3.05, 3.63) is 84.4 Å². The van der Waals surface area contributed by atoms with Gasteiger partial charge < -0.3 is 9.47 Å². The van der Waals surface area contributed by atoms with E-state index < -0.39 is 6.09 Å². The van der Waals surface area contributed by atoms with Crippen molar-refractivity contribution in [2.24, 2.45) is 0 Å². The van der Waals surface area contributed by atoms with Gasteiger partial charge in [-0.25, -0.2) is 9.78 Å². The Labute approximate surface area is 166 Å². The number of ether oxygens (including phenoxy) is 2. The van der Waals surface area contributed by atoms with Crippen LogP contribution in [0.15, 0.2) is 78.9 Å². The summed E-state index contributed by atoms with van der Waals surface area (Å²) in [6.07, 6.45) is -0.640. The molecule has 4 aromatic rings. The first kappa shape index (κ1) is 18.0. The first-order valence-electron chi connectivity index (χ1n) is 8.83. The Kier molecular flexibility index (Phi) is 5.21.